The van der Waals surface area contributed by atoms with E-state index < -0.39 is 15.9 Å². The molecule has 5 nitrogen and oxygen atoms in total. The number of benzene rings is 1. The summed E-state index contributed by atoms with van der Waals surface area (Å²) in [5.74, 6) is -0.768. The Morgan fingerprint density at radius 1 is 1.08 bits per heavy atom. The summed E-state index contributed by atoms with van der Waals surface area (Å²) < 4.78 is 36.1. The Balaban J connectivity index is 2.32. The number of allylic oxidation sites excluding steroid dienone is 1. The zero-order valence-corrected chi connectivity index (χ0v) is 14.8. The molecule has 6 heteroatoms. The van der Waals surface area contributed by atoms with Gasteiger partial charge in [-0.2, -0.15) is 8.42 Å². The van der Waals surface area contributed by atoms with Crippen molar-refractivity contribution in [3.05, 3.63) is 42.5 Å². The van der Waals surface area contributed by atoms with Crippen LogP contribution in [0.1, 0.15) is 56.9 Å². The summed E-state index contributed by atoms with van der Waals surface area (Å²) in [5.41, 5.74) is 0.274. The van der Waals surface area contributed by atoms with Crippen LogP contribution in [0.5, 0.6) is 5.75 Å². The van der Waals surface area contributed by atoms with Crippen LogP contribution in [0.15, 0.2) is 36.9 Å². The van der Waals surface area contributed by atoms with Gasteiger partial charge in [0.1, 0.15) is 11.5 Å². The van der Waals surface area contributed by atoms with Gasteiger partial charge in [-0.25, -0.2) is 0 Å². The molecule has 0 aliphatic heterocycles. The average molecular weight is 354 g/mol. The Labute approximate surface area is 144 Å². The first-order valence-electron chi connectivity index (χ1n) is 8.27. The molecular formula is C18H26O5S. The first kappa shape index (κ1) is 20.4. The van der Waals surface area contributed by atoms with E-state index in [1.54, 1.807) is 12.1 Å². The van der Waals surface area contributed by atoms with Crippen LogP contribution in [0.3, 0.4) is 0 Å². The van der Waals surface area contributed by atoms with Gasteiger partial charge in [-0.15, -0.1) is 6.58 Å². The summed E-state index contributed by atoms with van der Waals surface area (Å²) in [4.78, 5) is 11.9. The first-order chi connectivity index (χ1) is 11.4. The molecule has 0 saturated carbocycles. The van der Waals surface area contributed by atoms with Gasteiger partial charge in [-0.05, 0) is 25.3 Å². The molecule has 0 spiro atoms. The lowest BCUT2D eigenvalue weighted by Crippen LogP contribution is -2.10. The number of unbranched alkanes of at least 4 members (excludes halogenated alkanes) is 6. The summed E-state index contributed by atoms with van der Waals surface area (Å²) in [6, 6.07) is 6.32. The van der Waals surface area contributed by atoms with E-state index in [0.717, 1.165) is 38.5 Å². The summed E-state index contributed by atoms with van der Waals surface area (Å²) in [7, 11) is -4.17. The van der Waals surface area contributed by atoms with Crippen molar-refractivity contribution in [3.8, 4) is 5.75 Å². The van der Waals surface area contributed by atoms with Crippen molar-refractivity contribution in [2.75, 3.05) is 0 Å². The molecule has 1 aromatic carbocycles. The van der Waals surface area contributed by atoms with Crippen LogP contribution in [0, 0.1) is 0 Å². The molecule has 0 radical (unpaired) electrons. The lowest BCUT2D eigenvalue weighted by molar-refractivity contribution is -0.134. The molecule has 0 amide bonds. The standard InChI is InChI=1S/C18H26O5S/c1-2-3-4-5-6-7-8-9-14-18(19)23-17-13-11-10-12-16(17)15-24(20,21)22/h2,10-13H,1,3-9,14-15H2,(H,20,21,22). The van der Waals surface area contributed by atoms with Gasteiger partial charge in [0.15, 0.2) is 0 Å². The van der Waals surface area contributed by atoms with E-state index in [1.165, 1.54) is 18.6 Å². The highest BCUT2D eigenvalue weighted by molar-refractivity contribution is 7.85. The predicted molar refractivity (Wildman–Crippen MR) is 94.5 cm³/mol. The quantitative estimate of drug-likeness (QED) is 0.199. The van der Waals surface area contributed by atoms with Gasteiger partial charge in [0.05, 0.1) is 0 Å². The first-order valence-corrected chi connectivity index (χ1v) is 9.88. The molecule has 0 saturated heterocycles. The highest BCUT2D eigenvalue weighted by Gasteiger charge is 2.14. The average Bonchev–Trinajstić information content (AvgIpc) is 2.50. The Bertz CT molecular complexity index is 622. The van der Waals surface area contributed by atoms with Gasteiger partial charge < -0.3 is 4.74 Å². The third-order valence-electron chi connectivity index (χ3n) is 3.57. The van der Waals surface area contributed by atoms with E-state index in [1.807, 2.05) is 6.08 Å². The van der Waals surface area contributed by atoms with Crippen LogP contribution in [0.4, 0.5) is 0 Å². The highest BCUT2D eigenvalue weighted by Crippen LogP contribution is 2.21. The van der Waals surface area contributed by atoms with Crippen LogP contribution in [0.25, 0.3) is 0 Å². The van der Waals surface area contributed by atoms with E-state index in [-0.39, 0.29) is 17.3 Å². The molecule has 0 aliphatic rings. The number of carbonyl (C=O) groups is 1. The van der Waals surface area contributed by atoms with Crippen LogP contribution in [-0.2, 0) is 20.7 Å². The SMILES string of the molecule is C=CCCCCCCCCC(=O)Oc1ccccc1CS(=O)(=O)O. The number of hydrogen-bond acceptors (Lipinski definition) is 4. The van der Waals surface area contributed by atoms with Gasteiger partial charge in [-0.1, -0.05) is 50.0 Å². The molecule has 0 unspecified atom stereocenters. The van der Waals surface area contributed by atoms with Crippen LogP contribution in [-0.4, -0.2) is 18.9 Å². The fourth-order valence-electron chi connectivity index (χ4n) is 2.36. The monoisotopic (exact) mass is 354 g/mol. The topological polar surface area (TPSA) is 80.7 Å². The molecule has 24 heavy (non-hydrogen) atoms. The summed E-state index contributed by atoms with van der Waals surface area (Å²) >= 11 is 0. The molecule has 0 aromatic heterocycles. The Kier molecular flexibility index (Phi) is 9.34. The van der Waals surface area contributed by atoms with Gasteiger partial charge in [0, 0.05) is 12.0 Å². The number of hydrogen-bond donors (Lipinski definition) is 1. The second-order valence-electron chi connectivity index (χ2n) is 5.76. The molecular weight excluding hydrogens is 328 g/mol. The zero-order valence-electron chi connectivity index (χ0n) is 13.9. The largest absolute Gasteiger partial charge is 0.426 e. The summed E-state index contributed by atoms with van der Waals surface area (Å²) in [6.07, 6.45) is 9.58. The van der Waals surface area contributed by atoms with E-state index in [4.69, 9.17) is 9.29 Å². The van der Waals surface area contributed by atoms with Crippen molar-refractivity contribution in [1.82, 2.24) is 0 Å². The van der Waals surface area contributed by atoms with Gasteiger partial charge in [0.25, 0.3) is 10.1 Å². The second-order valence-corrected chi connectivity index (χ2v) is 7.21. The molecule has 1 aromatic rings. The molecule has 1 N–H and O–H groups in total. The number of esters is 1. The van der Waals surface area contributed by atoms with Gasteiger partial charge >= 0.3 is 5.97 Å². The van der Waals surface area contributed by atoms with Gasteiger partial charge in [-0.3, -0.25) is 9.35 Å². The Morgan fingerprint density at radius 2 is 1.71 bits per heavy atom. The number of carbonyl (C=O) groups excluding carboxylic acids is 1. The lowest BCUT2D eigenvalue weighted by Gasteiger charge is -2.09. The van der Waals surface area contributed by atoms with Gasteiger partial charge in [0.2, 0.25) is 0 Å². The lowest BCUT2D eigenvalue weighted by atomic mass is 10.1. The molecule has 134 valence electrons. The van der Waals surface area contributed by atoms with Crippen molar-refractivity contribution in [1.29, 1.82) is 0 Å². The minimum atomic E-state index is -4.17. The Morgan fingerprint density at radius 3 is 2.38 bits per heavy atom. The maximum atomic E-state index is 11.9. The number of ether oxygens (including phenoxy) is 1. The third-order valence-corrected chi connectivity index (χ3v) is 4.25. The molecule has 0 bridgehead atoms. The fourth-order valence-corrected chi connectivity index (χ4v) is 2.99. The zero-order chi connectivity index (χ0) is 17.8. The second kappa shape index (κ2) is 11.0. The number of para-hydroxylation sites is 1. The third kappa shape index (κ3) is 9.47. The Hall–Kier alpha value is -1.66. The van der Waals surface area contributed by atoms with Crippen molar-refractivity contribution in [3.63, 3.8) is 0 Å². The fraction of sp³-hybridized carbons (Fsp3) is 0.500. The number of rotatable bonds is 12. The molecule has 0 fully saturated rings. The normalized spacial score (nSPS) is 11.2. The highest BCUT2D eigenvalue weighted by atomic mass is 32.2. The molecule has 0 aliphatic carbocycles. The van der Waals surface area contributed by atoms with Crippen LogP contribution in [0.2, 0.25) is 0 Å². The van der Waals surface area contributed by atoms with E-state index in [2.05, 4.69) is 6.58 Å². The van der Waals surface area contributed by atoms with E-state index in [9.17, 15) is 13.2 Å². The molecule has 1 rings (SSSR count). The summed E-state index contributed by atoms with van der Waals surface area (Å²) in [5, 5.41) is 0. The minimum Gasteiger partial charge on any atom is -0.426 e. The van der Waals surface area contributed by atoms with Crippen LogP contribution < -0.4 is 4.74 Å². The molecule has 0 atom stereocenters. The van der Waals surface area contributed by atoms with E-state index >= 15 is 0 Å². The maximum absolute atomic E-state index is 11.9. The van der Waals surface area contributed by atoms with Crippen molar-refractivity contribution in [2.45, 2.75) is 57.1 Å². The smallest absolute Gasteiger partial charge is 0.311 e. The maximum Gasteiger partial charge on any atom is 0.311 e. The van der Waals surface area contributed by atoms with Crippen LogP contribution >= 0.6 is 0 Å². The predicted octanol–water partition coefficient (Wildman–Crippen LogP) is 4.29. The summed E-state index contributed by atoms with van der Waals surface area (Å²) in [6.45, 7) is 3.69. The van der Waals surface area contributed by atoms with Crippen molar-refractivity contribution < 1.29 is 22.5 Å². The van der Waals surface area contributed by atoms with E-state index in [0.29, 0.717) is 6.42 Å². The minimum absolute atomic E-state index is 0.185. The molecule has 0 heterocycles. The van der Waals surface area contributed by atoms with Crippen molar-refractivity contribution >= 4 is 16.1 Å². The van der Waals surface area contributed by atoms with Crippen molar-refractivity contribution in [2.24, 2.45) is 0 Å².